The van der Waals surface area contributed by atoms with Crippen LogP contribution in [0.3, 0.4) is 0 Å². The van der Waals surface area contributed by atoms with Crippen molar-refractivity contribution in [3.05, 3.63) is 58.6 Å². The molecule has 0 radical (unpaired) electrons. The minimum atomic E-state index is -0.256. The molecule has 1 aliphatic carbocycles. The minimum Gasteiger partial charge on any atom is -0.376 e. The molecule has 0 spiro atoms. The van der Waals surface area contributed by atoms with Gasteiger partial charge < -0.3 is 20.9 Å². The number of nitrogens with zero attached hydrogens (tertiary/aromatic N) is 1. The molecular weight excluding hydrogens is 452 g/mol. The lowest BCUT2D eigenvalue weighted by molar-refractivity contribution is -0.114. The van der Waals surface area contributed by atoms with E-state index in [1.807, 2.05) is 4.90 Å². The molecule has 1 saturated heterocycles. The van der Waals surface area contributed by atoms with Crippen LogP contribution >= 0.6 is 11.6 Å². The molecule has 180 valence electrons. The average molecular weight is 483 g/mol. The molecule has 7 nitrogen and oxygen atoms in total. The molecule has 0 atom stereocenters. The fourth-order valence-electron chi connectivity index (χ4n) is 4.54. The highest BCUT2D eigenvalue weighted by molar-refractivity contribution is 6.34. The zero-order valence-electron chi connectivity index (χ0n) is 19.2. The molecule has 34 heavy (non-hydrogen) atoms. The molecule has 2 fully saturated rings. The maximum atomic E-state index is 12.7. The van der Waals surface area contributed by atoms with Crippen LogP contribution in [0.4, 0.5) is 11.4 Å². The molecule has 4 rings (SSSR count). The molecule has 1 saturated carbocycles. The molecule has 0 bridgehead atoms. The van der Waals surface area contributed by atoms with Crippen molar-refractivity contribution in [2.45, 2.75) is 51.0 Å². The lowest BCUT2D eigenvalue weighted by atomic mass is 9.95. The van der Waals surface area contributed by atoms with Gasteiger partial charge in [0.2, 0.25) is 5.91 Å². The van der Waals surface area contributed by atoms with E-state index in [0.717, 1.165) is 51.6 Å². The molecule has 3 amide bonds. The first-order valence-corrected chi connectivity index (χ1v) is 12.4. The first-order chi connectivity index (χ1) is 16.5. The smallest absolute Gasteiger partial charge is 0.253 e. The maximum Gasteiger partial charge on any atom is 0.253 e. The largest absolute Gasteiger partial charge is 0.376 e. The molecule has 2 aromatic rings. The Labute approximate surface area is 205 Å². The number of likely N-dealkylation sites (tertiary alicyclic amines) is 1. The maximum absolute atomic E-state index is 12.7. The predicted octanol–water partition coefficient (Wildman–Crippen LogP) is 4.69. The SMILES string of the molecule is O=C(CNc1ccc(Cl)c(C(=O)NC2CCCCC2)c1)Nc1cccc(C(=O)N2CCCC2)c1. The van der Waals surface area contributed by atoms with Gasteiger partial charge in [-0.1, -0.05) is 36.9 Å². The second-order valence-corrected chi connectivity index (χ2v) is 9.39. The van der Waals surface area contributed by atoms with Gasteiger partial charge in [0.1, 0.15) is 0 Å². The Morgan fingerprint density at radius 1 is 0.912 bits per heavy atom. The number of carbonyl (C=O) groups excluding carboxylic acids is 3. The van der Waals surface area contributed by atoms with Crippen LogP contribution in [0.25, 0.3) is 0 Å². The fourth-order valence-corrected chi connectivity index (χ4v) is 4.74. The summed E-state index contributed by atoms with van der Waals surface area (Å²) in [6.07, 6.45) is 7.52. The van der Waals surface area contributed by atoms with E-state index in [1.54, 1.807) is 42.5 Å². The second kappa shape index (κ2) is 11.4. The van der Waals surface area contributed by atoms with Crippen molar-refractivity contribution in [3.63, 3.8) is 0 Å². The van der Waals surface area contributed by atoms with Crippen LogP contribution in [-0.2, 0) is 4.79 Å². The van der Waals surface area contributed by atoms with Crippen molar-refractivity contribution in [1.29, 1.82) is 0 Å². The van der Waals surface area contributed by atoms with Crippen LogP contribution in [0.5, 0.6) is 0 Å². The molecule has 0 unspecified atom stereocenters. The summed E-state index contributed by atoms with van der Waals surface area (Å²) >= 11 is 6.27. The van der Waals surface area contributed by atoms with Crippen molar-refractivity contribution in [2.24, 2.45) is 0 Å². The van der Waals surface area contributed by atoms with Gasteiger partial charge in [-0.3, -0.25) is 14.4 Å². The molecule has 0 aromatic heterocycles. The normalized spacial score (nSPS) is 16.2. The summed E-state index contributed by atoms with van der Waals surface area (Å²) in [5, 5.41) is 9.32. The van der Waals surface area contributed by atoms with Crippen LogP contribution in [0, 0.1) is 0 Å². The van der Waals surface area contributed by atoms with Crippen molar-refractivity contribution in [3.8, 4) is 0 Å². The van der Waals surface area contributed by atoms with E-state index >= 15 is 0 Å². The van der Waals surface area contributed by atoms with Crippen molar-refractivity contribution < 1.29 is 14.4 Å². The number of hydrogen-bond donors (Lipinski definition) is 3. The number of amides is 3. The quantitative estimate of drug-likeness (QED) is 0.534. The van der Waals surface area contributed by atoms with Crippen molar-refractivity contribution in [2.75, 3.05) is 30.3 Å². The van der Waals surface area contributed by atoms with Gasteiger partial charge in [-0.05, 0) is 62.1 Å². The Balaban J connectivity index is 1.32. The fraction of sp³-hybridized carbons (Fsp3) is 0.423. The van der Waals surface area contributed by atoms with Crippen molar-refractivity contribution >= 4 is 40.7 Å². The van der Waals surface area contributed by atoms with Crippen LogP contribution in [0.2, 0.25) is 5.02 Å². The zero-order chi connectivity index (χ0) is 23.9. The molecule has 8 heteroatoms. The summed E-state index contributed by atoms with van der Waals surface area (Å²) in [7, 11) is 0. The van der Waals surface area contributed by atoms with Gasteiger partial charge in [-0.2, -0.15) is 0 Å². The monoisotopic (exact) mass is 482 g/mol. The van der Waals surface area contributed by atoms with Crippen LogP contribution in [0.1, 0.15) is 65.7 Å². The van der Waals surface area contributed by atoms with Gasteiger partial charge in [0.05, 0.1) is 17.1 Å². The average Bonchev–Trinajstić information content (AvgIpc) is 3.39. The highest BCUT2D eigenvalue weighted by Crippen LogP contribution is 2.23. The first-order valence-electron chi connectivity index (χ1n) is 12.0. The van der Waals surface area contributed by atoms with Gasteiger partial charge >= 0.3 is 0 Å². The Morgan fingerprint density at radius 2 is 1.68 bits per heavy atom. The molecular formula is C26H31ClN4O3. The molecule has 2 aliphatic rings. The standard InChI is InChI=1S/C26H31ClN4O3/c27-23-12-11-20(16-22(23)25(33)30-19-8-2-1-3-9-19)28-17-24(32)29-21-10-6-7-18(15-21)26(34)31-13-4-5-14-31/h6-7,10-12,15-16,19,28H,1-5,8-9,13-14,17H2,(H,29,32)(H,30,33). The number of benzene rings is 2. The predicted molar refractivity (Wildman–Crippen MR) is 134 cm³/mol. The molecule has 1 aliphatic heterocycles. The summed E-state index contributed by atoms with van der Waals surface area (Å²) in [5.41, 5.74) is 2.16. The van der Waals surface area contributed by atoms with Crippen LogP contribution in [-0.4, -0.2) is 48.3 Å². The van der Waals surface area contributed by atoms with Crippen molar-refractivity contribution in [1.82, 2.24) is 10.2 Å². The third kappa shape index (κ3) is 6.29. The van der Waals surface area contributed by atoms with Gasteiger partial charge in [0.15, 0.2) is 0 Å². The highest BCUT2D eigenvalue weighted by atomic mass is 35.5. The van der Waals surface area contributed by atoms with Gasteiger partial charge in [-0.25, -0.2) is 0 Å². The van der Waals surface area contributed by atoms with Gasteiger partial charge in [-0.15, -0.1) is 0 Å². The van der Waals surface area contributed by atoms with E-state index in [2.05, 4.69) is 16.0 Å². The Morgan fingerprint density at radius 3 is 2.44 bits per heavy atom. The number of hydrogen-bond acceptors (Lipinski definition) is 4. The number of carbonyl (C=O) groups is 3. The summed E-state index contributed by atoms with van der Waals surface area (Å²) in [5.74, 6) is -0.453. The lowest BCUT2D eigenvalue weighted by Crippen LogP contribution is -2.36. The highest BCUT2D eigenvalue weighted by Gasteiger charge is 2.20. The number of nitrogens with one attached hydrogen (secondary N) is 3. The molecule has 1 heterocycles. The zero-order valence-corrected chi connectivity index (χ0v) is 20.0. The summed E-state index contributed by atoms with van der Waals surface area (Å²) in [4.78, 5) is 39.6. The Kier molecular flexibility index (Phi) is 8.06. The van der Waals surface area contributed by atoms with E-state index < -0.39 is 0 Å². The Bertz CT molecular complexity index is 1050. The number of rotatable bonds is 7. The van der Waals surface area contributed by atoms with E-state index in [4.69, 9.17) is 11.6 Å². The van der Waals surface area contributed by atoms with E-state index in [9.17, 15) is 14.4 Å². The third-order valence-electron chi connectivity index (χ3n) is 6.39. The first kappa shape index (κ1) is 24.1. The van der Waals surface area contributed by atoms with E-state index in [0.29, 0.717) is 27.5 Å². The van der Waals surface area contributed by atoms with Crippen LogP contribution < -0.4 is 16.0 Å². The van der Waals surface area contributed by atoms with Gasteiger partial charge in [0.25, 0.3) is 11.8 Å². The second-order valence-electron chi connectivity index (χ2n) is 8.98. The van der Waals surface area contributed by atoms with Gasteiger partial charge in [0, 0.05) is 36.1 Å². The minimum absolute atomic E-state index is 0.00748. The summed E-state index contributed by atoms with van der Waals surface area (Å²) in [6, 6.07) is 12.2. The molecule has 2 aromatic carbocycles. The Hall–Kier alpha value is -3.06. The summed E-state index contributed by atoms with van der Waals surface area (Å²) in [6.45, 7) is 1.57. The number of halogens is 1. The third-order valence-corrected chi connectivity index (χ3v) is 6.72. The van der Waals surface area contributed by atoms with E-state index in [-0.39, 0.29) is 30.3 Å². The summed E-state index contributed by atoms with van der Waals surface area (Å²) < 4.78 is 0. The number of anilines is 2. The lowest BCUT2D eigenvalue weighted by Gasteiger charge is -2.23. The van der Waals surface area contributed by atoms with E-state index in [1.165, 1.54) is 6.42 Å². The molecule has 3 N–H and O–H groups in total. The van der Waals surface area contributed by atoms with Crippen LogP contribution in [0.15, 0.2) is 42.5 Å². The topological polar surface area (TPSA) is 90.5 Å².